The van der Waals surface area contributed by atoms with Gasteiger partial charge in [0.05, 0.1) is 18.1 Å². The second kappa shape index (κ2) is 6.74. The van der Waals surface area contributed by atoms with Gasteiger partial charge in [-0.3, -0.25) is 4.79 Å². The second-order valence-electron chi connectivity index (χ2n) is 5.28. The monoisotopic (exact) mass is 358 g/mol. The number of benzene rings is 1. The molecule has 0 aliphatic carbocycles. The van der Waals surface area contributed by atoms with Crippen LogP contribution in [-0.2, 0) is 6.61 Å². The zero-order valence-corrected chi connectivity index (χ0v) is 13.0. The van der Waals surface area contributed by atoms with Crippen molar-refractivity contribution in [2.75, 3.05) is 13.1 Å². The normalized spacial score (nSPS) is 20.4. The Morgan fingerprint density at radius 1 is 1.50 bits per heavy atom. The lowest BCUT2D eigenvalue weighted by molar-refractivity contribution is 0.0758. The zero-order chi connectivity index (χ0) is 17.3. The Balaban J connectivity index is 1.61. The van der Waals surface area contributed by atoms with E-state index in [-0.39, 0.29) is 42.1 Å². The molecular weight excluding hydrogens is 346 g/mol. The molecule has 128 valence electrons. The van der Waals surface area contributed by atoms with Gasteiger partial charge in [0.25, 0.3) is 5.91 Å². The van der Waals surface area contributed by atoms with Gasteiger partial charge in [-0.05, 0) is 12.1 Å². The van der Waals surface area contributed by atoms with Gasteiger partial charge in [-0.2, -0.15) is 0 Å². The molecule has 6 nitrogen and oxygen atoms in total. The maximum absolute atomic E-state index is 13.3. The molecule has 2 aromatic rings. The predicted molar refractivity (Wildman–Crippen MR) is 79.1 cm³/mol. The molecule has 1 aliphatic rings. The third-order valence-corrected chi connectivity index (χ3v) is 3.84. The highest BCUT2D eigenvalue weighted by Crippen LogP contribution is 2.21. The van der Waals surface area contributed by atoms with Gasteiger partial charge >= 0.3 is 0 Å². The summed E-state index contributed by atoms with van der Waals surface area (Å²) in [4.78, 5) is 17.2. The lowest BCUT2D eigenvalue weighted by Gasteiger charge is -2.12. The number of rotatable bonds is 4. The average molecular weight is 359 g/mol. The Hall–Kier alpha value is -2.19. The standard InChI is InChI=1S/C15H13ClF2N2O4/c16-9-2-1-8(3-10(9)17)23-7-14-19-12(6-24-14)15(22)20-4-11(18)13(21)5-20/h1-3,6,11,13,21H,4-5,7H2/t11-,13-/m1/s1. The van der Waals surface area contributed by atoms with Crippen molar-refractivity contribution in [3.63, 3.8) is 0 Å². The number of amides is 1. The van der Waals surface area contributed by atoms with Gasteiger partial charge in [0.2, 0.25) is 5.89 Å². The number of β-amino-alcohol motifs (C(OH)–C–C–N with tert-alkyl or cyclic N) is 1. The van der Waals surface area contributed by atoms with Crippen LogP contribution < -0.4 is 4.74 Å². The number of carbonyl (C=O) groups is 1. The van der Waals surface area contributed by atoms with Crippen molar-refractivity contribution >= 4 is 17.5 Å². The molecule has 0 bridgehead atoms. The SMILES string of the molecule is O=C(c1coc(COc2ccc(Cl)c(F)c2)n1)N1C[C@@H](O)[C@H](F)C1. The molecular formula is C15H13ClF2N2O4. The molecule has 2 heterocycles. The molecule has 0 spiro atoms. The van der Waals surface area contributed by atoms with Crippen LogP contribution in [0.4, 0.5) is 8.78 Å². The number of carbonyl (C=O) groups excluding carboxylic acids is 1. The number of oxazole rings is 1. The minimum Gasteiger partial charge on any atom is -0.484 e. The summed E-state index contributed by atoms with van der Waals surface area (Å²) in [5.74, 6) is -0.830. The van der Waals surface area contributed by atoms with E-state index in [9.17, 15) is 18.7 Å². The molecule has 1 saturated heterocycles. The Bertz CT molecular complexity index is 745. The summed E-state index contributed by atoms with van der Waals surface area (Å²) in [6.45, 7) is -0.409. The maximum atomic E-state index is 13.3. The number of alkyl halides is 1. The third kappa shape index (κ3) is 3.49. The Morgan fingerprint density at radius 3 is 2.96 bits per heavy atom. The van der Waals surface area contributed by atoms with E-state index >= 15 is 0 Å². The largest absolute Gasteiger partial charge is 0.484 e. The molecule has 1 N–H and O–H groups in total. The van der Waals surface area contributed by atoms with Crippen LogP contribution in [0.15, 0.2) is 28.9 Å². The lowest BCUT2D eigenvalue weighted by atomic mass is 10.3. The first kappa shape index (κ1) is 16.7. The first-order valence-corrected chi connectivity index (χ1v) is 7.45. The Kier molecular flexibility index (Phi) is 4.68. The van der Waals surface area contributed by atoms with E-state index in [0.29, 0.717) is 0 Å². The maximum Gasteiger partial charge on any atom is 0.276 e. The molecule has 0 saturated carbocycles. The summed E-state index contributed by atoms with van der Waals surface area (Å²) in [5, 5.41) is 9.33. The first-order chi connectivity index (χ1) is 11.4. The summed E-state index contributed by atoms with van der Waals surface area (Å²) in [6.07, 6.45) is -1.53. The number of aliphatic hydroxyl groups excluding tert-OH is 1. The fraction of sp³-hybridized carbons (Fsp3) is 0.333. The predicted octanol–water partition coefficient (Wildman–Crippen LogP) is 2.20. The van der Waals surface area contributed by atoms with Crippen LogP contribution in [0, 0.1) is 5.82 Å². The quantitative estimate of drug-likeness (QED) is 0.906. The first-order valence-electron chi connectivity index (χ1n) is 7.07. The number of aromatic nitrogens is 1. The van der Waals surface area contributed by atoms with E-state index in [1.54, 1.807) is 0 Å². The van der Waals surface area contributed by atoms with Crippen LogP contribution in [0.25, 0.3) is 0 Å². The minimum atomic E-state index is -1.47. The van der Waals surface area contributed by atoms with Crippen molar-refractivity contribution in [2.24, 2.45) is 0 Å². The highest BCUT2D eigenvalue weighted by Gasteiger charge is 2.35. The Morgan fingerprint density at radius 2 is 2.29 bits per heavy atom. The molecule has 0 unspecified atom stereocenters. The smallest absolute Gasteiger partial charge is 0.276 e. The fourth-order valence-electron chi connectivity index (χ4n) is 2.26. The molecule has 9 heteroatoms. The highest BCUT2D eigenvalue weighted by atomic mass is 35.5. The molecule has 1 fully saturated rings. The fourth-order valence-corrected chi connectivity index (χ4v) is 2.38. The zero-order valence-electron chi connectivity index (χ0n) is 12.3. The third-order valence-electron chi connectivity index (χ3n) is 3.53. The van der Waals surface area contributed by atoms with Gasteiger partial charge in [-0.25, -0.2) is 13.8 Å². The van der Waals surface area contributed by atoms with E-state index in [1.807, 2.05) is 0 Å². The molecule has 0 radical (unpaired) electrons. The van der Waals surface area contributed by atoms with Crippen molar-refractivity contribution in [1.82, 2.24) is 9.88 Å². The summed E-state index contributed by atoms with van der Waals surface area (Å²) >= 11 is 5.57. The molecule has 1 amide bonds. The summed E-state index contributed by atoms with van der Waals surface area (Å²) in [7, 11) is 0. The van der Waals surface area contributed by atoms with Crippen molar-refractivity contribution in [3.05, 3.63) is 46.9 Å². The van der Waals surface area contributed by atoms with Crippen LogP contribution >= 0.6 is 11.6 Å². The van der Waals surface area contributed by atoms with Gasteiger partial charge < -0.3 is 19.2 Å². The number of hydrogen-bond acceptors (Lipinski definition) is 5. The van der Waals surface area contributed by atoms with Crippen LogP contribution in [-0.4, -0.2) is 46.3 Å². The van der Waals surface area contributed by atoms with Crippen LogP contribution in [0.2, 0.25) is 5.02 Å². The molecule has 1 aliphatic heterocycles. The lowest BCUT2D eigenvalue weighted by Crippen LogP contribution is -2.29. The summed E-state index contributed by atoms with van der Waals surface area (Å²) in [6, 6.07) is 3.95. The van der Waals surface area contributed by atoms with Crippen LogP contribution in [0.5, 0.6) is 5.75 Å². The van der Waals surface area contributed by atoms with Crippen molar-refractivity contribution in [2.45, 2.75) is 18.9 Å². The van der Waals surface area contributed by atoms with Gasteiger partial charge in [0.15, 0.2) is 12.3 Å². The molecule has 24 heavy (non-hydrogen) atoms. The van der Waals surface area contributed by atoms with Crippen molar-refractivity contribution in [3.8, 4) is 5.75 Å². The number of halogens is 3. The van der Waals surface area contributed by atoms with Gasteiger partial charge in [-0.1, -0.05) is 11.6 Å². The molecule has 2 atom stereocenters. The van der Waals surface area contributed by atoms with E-state index in [1.165, 1.54) is 12.1 Å². The highest BCUT2D eigenvalue weighted by molar-refractivity contribution is 6.30. The number of likely N-dealkylation sites (tertiary alicyclic amines) is 1. The van der Waals surface area contributed by atoms with Crippen LogP contribution in [0.3, 0.4) is 0 Å². The summed E-state index contributed by atoms with van der Waals surface area (Å²) < 4.78 is 37.0. The molecule has 3 rings (SSSR count). The van der Waals surface area contributed by atoms with Gasteiger partial charge in [0, 0.05) is 6.07 Å². The van der Waals surface area contributed by atoms with Crippen molar-refractivity contribution in [1.29, 1.82) is 0 Å². The van der Waals surface area contributed by atoms with Crippen molar-refractivity contribution < 1.29 is 27.8 Å². The number of nitrogens with zero attached hydrogens (tertiary/aromatic N) is 2. The van der Waals surface area contributed by atoms with E-state index in [0.717, 1.165) is 17.2 Å². The van der Waals surface area contributed by atoms with E-state index < -0.39 is 24.0 Å². The summed E-state index contributed by atoms with van der Waals surface area (Å²) in [5.41, 5.74) is -0.0165. The minimum absolute atomic E-state index is 0.0165. The second-order valence-corrected chi connectivity index (χ2v) is 5.69. The number of ether oxygens (including phenoxy) is 1. The number of aliphatic hydroxyl groups is 1. The van der Waals surface area contributed by atoms with Crippen LogP contribution in [0.1, 0.15) is 16.4 Å². The van der Waals surface area contributed by atoms with Gasteiger partial charge in [-0.15, -0.1) is 0 Å². The van der Waals surface area contributed by atoms with E-state index in [2.05, 4.69) is 4.98 Å². The van der Waals surface area contributed by atoms with Gasteiger partial charge in [0.1, 0.15) is 30.1 Å². The Labute approximate surface area is 140 Å². The molecule has 1 aromatic heterocycles. The number of hydrogen-bond donors (Lipinski definition) is 1. The topological polar surface area (TPSA) is 75.8 Å². The molecule has 1 aromatic carbocycles. The van der Waals surface area contributed by atoms with E-state index in [4.69, 9.17) is 20.8 Å². The average Bonchev–Trinajstić information content (AvgIpc) is 3.15.